The largest absolute Gasteiger partial charge is 0.391 e. The van der Waals surface area contributed by atoms with E-state index in [1.807, 2.05) is 0 Å². The van der Waals surface area contributed by atoms with Crippen LogP contribution in [0.5, 0.6) is 0 Å². The predicted molar refractivity (Wildman–Crippen MR) is 73.5 cm³/mol. The number of hydrogen-bond acceptors (Lipinski definition) is 3. The van der Waals surface area contributed by atoms with Crippen LogP contribution >= 0.6 is 0 Å². The van der Waals surface area contributed by atoms with Gasteiger partial charge in [0.25, 0.3) is 0 Å². The second-order valence-electron chi connectivity index (χ2n) is 6.92. The van der Waals surface area contributed by atoms with Crippen LogP contribution in [-0.4, -0.2) is 59.8 Å². The molecule has 3 heteroatoms. The van der Waals surface area contributed by atoms with E-state index >= 15 is 0 Å². The van der Waals surface area contributed by atoms with Gasteiger partial charge >= 0.3 is 0 Å². The van der Waals surface area contributed by atoms with Crippen LogP contribution in [0.1, 0.15) is 33.1 Å². The van der Waals surface area contributed by atoms with Crippen LogP contribution in [0.2, 0.25) is 0 Å². The van der Waals surface area contributed by atoms with E-state index in [2.05, 4.69) is 23.6 Å². The summed E-state index contributed by atoms with van der Waals surface area (Å²) in [5, 5.41) is 10.8. The molecule has 0 aromatic rings. The van der Waals surface area contributed by atoms with E-state index in [1.54, 1.807) is 0 Å². The second-order valence-corrected chi connectivity index (χ2v) is 6.92. The van der Waals surface area contributed by atoms with Crippen molar-refractivity contribution in [2.45, 2.75) is 45.3 Å². The lowest BCUT2D eigenvalue weighted by atomic mass is 9.72. The minimum absolute atomic E-state index is 0.0944. The van der Waals surface area contributed by atoms with Crippen molar-refractivity contribution >= 4 is 0 Å². The van der Waals surface area contributed by atoms with Crippen LogP contribution in [-0.2, 0) is 0 Å². The van der Waals surface area contributed by atoms with Gasteiger partial charge in [0.15, 0.2) is 0 Å². The van der Waals surface area contributed by atoms with Gasteiger partial charge in [-0.1, -0.05) is 20.3 Å². The maximum absolute atomic E-state index is 10.8. The summed E-state index contributed by atoms with van der Waals surface area (Å²) in [4.78, 5) is 5.07. The molecule has 5 unspecified atom stereocenters. The normalized spacial score (nSPS) is 50.2. The summed E-state index contributed by atoms with van der Waals surface area (Å²) >= 11 is 0. The molecule has 0 aromatic heterocycles. The zero-order chi connectivity index (χ0) is 12.7. The third-order valence-electron chi connectivity index (χ3n) is 5.84. The topological polar surface area (TPSA) is 26.7 Å². The molecule has 1 saturated carbocycles. The SMILES string of the molecule is CC1CCC(C(O)C2CN3CCN2CC3)CC1C. The Balaban J connectivity index is 1.62. The van der Waals surface area contributed by atoms with Gasteiger partial charge in [-0.25, -0.2) is 0 Å². The first-order valence-corrected chi connectivity index (χ1v) is 7.79. The van der Waals surface area contributed by atoms with Gasteiger partial charge in [0.2, 0.25) is 0 Å². The molecule has 18 heavy (non-hydrogen) atoms. The van der Waals surface area contributed by atoms with Crippen LogP contribution in [0.15, 0.2) is 0 Å². The summed E-state index contributed by atoms with van der Waals surface area (Å²) in [6.07, 6.45) is 3.67. The third kappa shape index (κ3) is 2.33. The minimum Gasteiger partial charge on any atom is -0.391 e. The minimum atomic E-state index is -0.0944. The van der Waals surface area contributed by atoms with E-state index in [-0.39, 0.29) is 6.10 Å². The van der Waals surface area contributed by atoms with E-state index in [0.29, 0.717) is 12.0 Å². The standard InChI is InChI=1S/C15H28N2O/c1-11-3-4-13(9-12(11)2)15(18)14-10-16-5-7-17(14)8-6-16/h11-15,18H,3-10H2,1-2H3. The first kappa shape index (κ1) is 12.9. The average molecular weight is 252 g/mol. The van der Waals surface area contributed by atoms with Crippen LogP contribution in [0.3, 0.4) is 0 Å². The molecular weight excluding hydrogens is 224 g/mol. The molecular formula is C15H28N2O. The highest BCUT2D eigenvalue weighted by molar-refractivity contribution is 4.95. The van der Waals surface area contributed by atoms with Crippen molar-refractivity contribution in [2.24, 2.45) is 17.8 Å². The first-order chi connectivity index (χ1) is 8.65. The Hall–Kier alpha value is -0.120. The van der Waals surface area contributed by atoms with Crippen LogP contribution in [0.4, 0.5) is 0 Å². The van der Waals surface area contributed by atoms with E-state index in [4.69, 9.17) is 0 Å². The van der Waals surface area contributed by atoms with Crippen molar-refractivity contribution in [3.8, 4) is 0 Å². The highest BCUT2D eigenvalue weighted by atomic mass is 16.3. The van der Waals surface area contributed by atoms with Crippen LogP contribution in [0.25, 0.3) is 0 Å². The van der Waals surface area contributed by atoms with Crippen molar-refractivity contribution < 1.29 is 5.11 Å². The van der Waals surface area contributed by atoms with Crippen molar-refractivity contribution in [3.05, 3.63) is 0 Å². The van der Waals surface area contributed by atoms with Crippen LogP contribution < -0.4 is 0 Å². The Kier molecular flexibility index (Phi) is 3.65. The van der Waals surface area contributed by atoms with Gasteiger partial charge in [0.1, 0.15) is 0 Å². The summed E-state index contributed by atoms with van der Waals surface area (Å²) in [5.41, 5.74) is 0. The lowest BCUT2D eigenvalue weighted by molar-refractivity contribution is -0.0751. The first-order valence-electron chi connectivity index (χ1n) is 7.79. The number of hydrogen-bond donors (Lipinski definition) is 1. The molecule has 1 N–H and O–H groups in total. The molecule has 1 aliphatic carbocycles. The van der Waals surface area contributed by atoms with Gasteiger partial charge in [0.05, 0.1) is 6.10 Å². The number of piperazine rings is 3. The number of fused-ring (bicyclic) bond motifs is 3. The average Bonchev–Trinajstić information content (AvgIpc) is 2.42. The van der Waals surface area contributed by atoms with Gasteiger partial charge < -0.3 is 5.11 Å². The quantitative estimate of drug-likeness (QED) is 0.805. The highest BCUT2D eigenvalue weighted by Crippen LogP contribution is 2.37. The van der Waals surface area contributed by atoms with Crippen molar-refractivity contribution in [1.29, 1.82) is 0 Å². The third-order valence-corrected chi connectivity index (χ3v) is 5.84. The lowest BCUT2D eigenvalue weighted by Crippen LogP contribution is -2.65. The summed E-state index contributed by atoms with van der Waals surface area (Å²) < 4.78 is 0. The lowest BCUT2D eigenvalue weighted by Gasteiger charge is -2.51. The molecule has 4 rings (SSSR count). The fourth-order valence-corrected chi connectivity index (χ4v) is 4.20. The van der Waals surface area contributed by atoms with E-state index in [0.717, 1.165) is 18.4 Å². The Labute approximate surface area is 111 Å². The van der Waals surface area contributed by atoms with Gasteiger partial charge in [-0.2, -0.15) is 0 Å². The molecule has 104 valence electrons. The molecule has 0 radical (unpaired) electrons. The summed E-state index contributed by atoms with van der Waals surface area (Å²) in [5.74, 6) is 2.18. The van der Waals surface area contributed by atoms with Gasteiger partial charge in [-0.05, 0) is 30.6 Å². The van der Waals surface area contributed by atoms with Crippen LogP contribution in [0, 0.1) is 17.8 Å². The molecule has 0 aromatic carbocycles. The van der Waals surface area contributed by atoms with Crippen molar-refractivity contribution in [1.82, 2.24) is 9.80 Å². The maximum Gasteiger partial charge on any atom is 0.0736 e. The molecule has 0 spiro atoms. The van der Waals surface area contributed by atoms with Gasteiger partial charge in [-0.3, -0.25) is 9.80 Å². The fraction of sp³-hybridized carbons (Fsp3) is 1.00. The molecule has 5 atom stereocenters. The molecule has 2 bridgehead atoms. The highest BCUT2D eigenvalue weighted by Gasteiger charge is 2.40. The Morgan fingerprint density at radius 1 is 1.00 bits per heavy atom. The van der Waals surface area contributed by atoms with Crippen molar-refractivity contribution in [3.63, 3.8) is 0 Å². The van der Waals surface area contributed by atoms with E-state index in [1.165, 1.54) is 45.4 Å². The second kappa shape index (κ2) is 5.10. The summed E-state index contributed by atoms with van der Waals surface area (Å²) in [6, 6.07) is 0.415. The Morgan fingerprint density at radius 3 is 2.28 bits per heavy atom. The summed E-state index contributed by atoms with van der Waals surface area (Å²) in [6.45, 7) is 10.6. The number of aliphatic hydroxyl groups is 1. The van der Waals surface area contributed by atoms with E-state index < -0.39 is 0 Å². The number of aliphatic hydroxyl groups excluding tert-OH is 1. The molecule has 3 saturated heterocycles. The number of rotatable bonds is 2. The molecule has 4 fully saturated rings. The van der Waals surface area contributed by atoms with Gasteiger partial charge in [-0.15, -0.1) is 0 Å². The Bertz CT molecular complexity index is 288. The zero-order valence-corrected chi connectivity index (χ0v) is 11.9. The maximum atomic E-state index is 10.8. The molecule has 3 aliphatic heterocycles. The molecule has 3 heterocycles. The Morgan fingerprint density at radius 2 is 1.72 bits per heavy atom. The predicted octanol–water partition coefficient (Wildman–Crippen LogP) is 1.42. The fourth-order valence-electron chi connectivity index (χ4n) is 4.20. The molecule has 0 amide bonds. The van der Waals surface area contributed by atoms with E-state index in [9.17, 15) is 5.11 Å². The molecule has 3 nitrogen and oxygen atoms in total. The smallest absolute Gasteiger partial charge is 0.0736 e. The van der Waals surface area contributed by atoms with Gasteiger partial charge in [0, 0.05) is 38.8 Å². The van der Waals surface area contributed by atoms with Crippen molar-refractivity contribution in [2.75, 3.05) is 32.7 Å². The zero-order valence-electron chi connectivity index (χ0n) is 11.9. The molecule has 4 aliphatic rings. The summed E-state index contributed by atoms with van der Waals surface area (Å²) in [7, 11) is 0. The monoisotopic (exact) mass is 252 g/mol. The number of nitrogens with zero attached hydrogens (tertiary/aromatic N) is 2.